The highest BCUT2D eigenvalue weighted by Gasteiger charge is 2.10. The highest BCUT2D eigenvalue weighted by Crippen LogP contribution is 2.17. The maximum atomic E-state index is 12.2. The molecule has 0 aromatic heterocycles. The quantitative estimate of drug-likeness (QED) is 0.657. The van der Waals surface area contributed by atoms with Gasteiger partial charge in [0.2, 0.25) is 0 Å². The molecule has 0 aliphatic carbocycles. The van der Waals surface area contributed by atoms with Gasteiger partial charge in [-0.1, -0.05) is 24.3 Å². The Balaban J connectivity index is 2.83. The van der Waals surface area contributed by atoms with Crippen LogP contribution in [0.15, 0.2) is 24.3 Å². The third-order valence-electron chi connectivity index (χ3n) is 1.92. The molecular weight excluding hydrogens is 174 g/mol. The molecule has 0 bridgehead atoms. The monoisotopic (exact) mass is 184 g/mol. The van der Waals surface area contributed by atoms with Crippen molar-refractivity contribution in [2.45, 2.75) is 5.92 Å². The van der Waals surface area contributed by atoms with E-state index in [1.54, 1.807) is 24.3 Å². The predicted octanol–water partition coefficient (Wildman–Crippen LogP) is 2.52. The number of alkyl halides is 2. The summed E-state index contributed by atoms with van der Waals surface area (Å²) in [5.41, 5.74) is 1.11. The maximum Gasteiger partial charge on any atom is 0.150 e. The fourth-order valence-electron chi connectivity index (χ4n) is 1.07. The number of carbonyl (C=O) groups is 1. The lowest BCUT2D eigenvalue weighted by molar-refractivity contribution is 0.112. The molecule has 0 heterocycles. The highest BCUT2D eigenvalue weighted by atomic mass is 19.1. The van der Waals surface area contributed by atoms with Crippen molar-refractivity contribution in [2.75, 3.05) is 13.3 Å². The van der Waals surface area contributed by atoms with Gasteiger partial charge in [-0.25, -0.2) is 0 Å². The predicted molar refractivity (Wildman–Crippen MR) is 46.5 cm³/mol. The summed E-state index contributed by atoms with van der Waals surface area (Å²) in [6, 6.07) is 6.27. The fourth-order valence-corrected chi connectivity index (χ4v) is 1.07. The van der Waals surface area contributed by atoms with Crippen LogP contribution in [0.3, 0.4) is 0 Å². The van der Waals surface area contributed by atoms with Crippen LogP contribution in [0.5, 0.6) is 0 Å². The van der Waals surface area contributed by atoms with Crippen molar-refractivity contribution in [3.63, 3.8) is 0 Å². The minimum absolute atomic E-state index is 0.514. The summed E-state index contributed by atoms with van der Waals surface area (Å²) < 4.78 is 24.4. The summed E-state index contributed by atoms with van der Waals surface area (Å²) in [7, 11) is 0. The van der Waals surface area contributed by atoms with Gasteiger partial charge in [0.25, 0.3) is 0 Å². The lowest BCUT2D eigenvalue weighted by atomic mass is 10.0. The lowest BCUT2D eigenvalue weighted by Crippen LogP contribution is -2.03. The van der Waals surface area contributed by atoms with Crippen LogP contribution < -0.4 is 0 Å². The Morgan fingerprint density at radius 1 is 1.15 bits per heavy atom. The molecule has 0 amide bonds. The summed E-state index contributed by atoms with van der Waals surface area (Å²) >= 11 is 0. The van der Waals surface area contributed by atoms with Gasteiger partial charge < -0.3 is 0 Å². The number of carbonyl (C=O) groups excluding carboxylic acids is 1. The fraction of sp³-hybridized carbons (Fsp3) is 0.300. The summed E-state index contributed by atoms with van der Waals surface area (Å²) in [6.07, 6.45) is 0.698. The second-order valence-corrected chi connectivity index (χ2v) is 2.79. The van der Waals surface area contributed by atoms with Gasteiger partial charge in [-0.15, -0.1) is 0 Å². The Bertz CT molecular complexity index is 265. The lowest BCUT2D eigenvalue weighted by Gasteiger charge is -2.08. The molecule has 0 unspecified atom stereocenters. The SMILES string of the molecule is O=Cc1ccc(C(CF)CF)cc1. The molecule has 1 nitrogen and oxygen atoms in total. The van der Waals surface area contributed by atoms with E-state index in [1.165, 1.54) is 0 Å². The van der Waals surface area contributed by atoms with Crippen molar-refractivity contribution in [2.24, 2.45) is 0 Å². The van der Waals surface area contributed by atoms with Gasteiger partial charge in [-0.3, -0.25) is 13.6 Å². The third kappa shape index (κ3) is 2.34. The number of hydrogen-bond acceptors (Lipinski definition) is 1. The molecule has 13 heavy (non-hydrogen) atoms. The Morgan fingerprint density at radius 3 is 2.08 bits per heavy atom. The second kappa shape index (κ2) is 4.70. The topological polar surface area (TPSA) is 17.1 Å². The van der Waals surface area contributed by atoms with E-state index in [2.05, 4.69) is 0 Å². The Hall–Kier alpha value is -1.25. The van der Waals surface area contributed by atoms with Gasteiger partial charge >= 0.3 is 0 Å². The van der Waals surface area contributed by atoms with E-state index in [0.717, 1.165) is 0 Å². The molecular formula is C10H10F2O. The summed E-state index contributed by atoms with van der Waals surface area (Å²) in [5, 5.41) is 0. The van der Waals surface area contributed by atoms with Gasteiger partial charge in [0, 0.05) is 11.5 Å². The molecule has 0 aliphatic rings. The van der Waals surface area contributed by atoms with Crippen molar-refractivity contribution < 1.29 is 13.6 Å². The highest BCUT2D eigenvalue weighted by molar-refractivity contribution is 5.74. The molecule has 1 aromatic rings. The summed E-state index contributed by atoms with van der Waals surface area (Å²) in [6.45, 7) is -1.42. The number of aldehydes is 1. The smallest absolute Gasteiger partial charge is 0.150 e. The molecule has 70 valence electrons. The number of rotatable bonds is 4. The van der Waals surface area contributed by atoms with Gasteiger partial charge in [-0.05, 0) is 5.56 Å². The van der Waals surface area contributed by atoms with Crippen molar-refractivity contribution in [3.05, 3.63) is 35.4 Å². The van der Waals surface area contributed by atoms with E-state index in [1.807, 2.05) is 0 Å². The first-order valence-electron chi connectivity index (χ1n) is 3.99. The van der Waals surface area contributed by atoms with Crippen LogP contribution >= 0.6 is 0 Å². The van der Waals surface area contributed by atoms with Crippen LogP contribution in [0, 0.1) is 0 Å². The zero-order valence-corrected chi connectivity index (χ0v) is 7.04. The maximum absolute atomic E-state index is 12.2. The largest absolute Gasteiger partial charge is 0.298 e. The number of benzene rings is 1. The molecule has 0 aliphatic heterocycles. The van der Waals surface area contributed by atoms with E-state index < -0.39 is 19.3 Å². The van der Waals surface area contributed by atoms with Crippen molar-refractivity contribution in [1.29, 1.82) is 0 Å². The van der Waals surface area contributed by atoms with Gasteiger partial charge in [0.05, 0.1) is 13.3 Å². The average Bonchev–Trinajstić information content (AvgIpc) is 2.21. The van der Waals surface area contributed by atoms with E-state index in [9.17, 15) is 13.6 Å². The molecule has 3 heteroatoms. The first kappa shape index (κ1) is 9.84. The molecule has 0 atom stereocenters. The molecule has 0 saturated carbocycles. The third-order valence-corrected chi connectivity index (χ3v) is 1.92. The normalized spacial score (nSPS) is 10.4. The first-order valence-corrected chi connectivity index (χ1v) is 3.99. The van der Waals surface area contributed by atoms with Gasteiger partial charge in [0.1, 0.15) is 6.29 Å². The van der Waals surface area contributed by atoms with Crippen LogP contribution in [0.25, 0.3) is 0 Å². The van der Waals surface area contributed by atoms with E-state index in [4.69, 9.17) is 0 Å². The van der Waals surface area contributed by atoms with Crippen LogP contribution in [0.2, 0.25) is 0 Å². The van der Waals surface area contributed by atoms with E-state index >= 15 is 0 Å². The zero-order valence-electron chi connectivity index (χ0n) is 7.04. The molecule has 0 saturated heterocycles. The Morgan fingerprint density at radius 2 is 1.69 bits per heavy atom. The van der Waals surface area contributed by atoms with Gasteiger partial charge in [-0.2, -0.15) is 0 Å². The van der Waals surface area contributed by atoms with Crippen LogP contribution in [-0.2, 0) is 0 Å². The molecule has 0 fully saturated rings. The Kier molecular flexibility index (Phi) is 3.55. The average molecular weight is 184 g/mol. The van der Waals surface area contributed by atoms with E-state index in [0.29, 0.717) is 17.4 Å². The molecule has 1 aromatic carbocycles. The minimum Gasteiger partial charge on any atom is -0.298 e. The molecule has 0 N–H and O–H groups in total. The first-order chi connectivity index (χ1) is 6.31. The van der Waals surface area contributed by atoms with Crippen LogP contribution in [0.1, 0.15) is 21.8 Å². The molecule has 1 rings (SSSR count). The van der Waals surface area contributed by atoms with Crippen LogP contribution in [0.4, 0.5) is 8.78 Å². The van der Waals surface area contributed by atoms with Crippen molar-refractivity contribution in [3.8, 4) is 0 Å². The summed E-state index contributed by atoms with van der Waals surface area (Å²) in [4.78, 5) is 10.3. The number of halogens is 2. The molecule has 0 radical (unpaired) electrons. The number of hydrogen-bond donors (Lipinski definition) is 0. The van der Waals surface area contributed by atoms with Crippen molar-refractivity contribution in [1.82, 2.24) is 0 Å². The van der Waals surface area contributed by atoms with E-state index in [-0.39, 0.29) is 0 Å². The zero-order chi connectivity index (χ0) is 9.68. The standard InChI is InChI=1S/C10H10F2O/c11-5-10(6-12)9-3-1-8(7-13)2-4-9/h1-4,7,10H,5-6H2. The summed E-state index contributed by atoms with van der Waals surface area (Å²) in [5.74, 6) is -0.694. The minimum atomic E-state index is -0.711. The van der Waals surface area contributed by atoms with Crippen LogP contribution in [-0.4, -0.2) is 19.6 Å². The molecule has 0 spiro atoms. The van der Waals surface area contributed by atoms with Crippen molar-refractivity contribution >= 4 is 6.29 Å². The Labute approximate surface area is 75.4 Å². The van der Waals surface area contributed by atoms with Gasteiger partial charge in [0.15, 0.2) is 0 Å². The second-order valence-electron chi connectivity index (χ2n) is 2.79.